The van der Waals surface area contributed by atoms with Gasteiger partial charge in [0.15, 0.2) is 0 Å². The lowest BCUT2D eigenvalue weighted by atomic mass is 10.1. The number of carbonyl (C=O) groups is 2. The molecule has 2 amide bonds. The summed E-state index contributed by atoms with van der Waals surface area (Å²) in [6.45, 7) is 3.30. The standard InChI is InChI=1S/C22H22N2O5/c1-22(2,13-25)24-19(26)11-14-7-9-16(10-8-14)23-20(27)17-12-15-5-3-4-6-18(15)29-21(17)28/h3-10,12,25H,11,13H2,1-2H3,(H,23,27)(H,24,26). The Morgan fingerprint density at radius 2 is 1.76 bits per heavy atom. The molecule has 3 N–H and O–H groups in total. The first-order valence-corrected chi connectivity index (χ1v) is 9.12. The fourth-order valence-electron chi connectivity index (χ4n) is 2.77. The number of nitrogens with one attached hydrogen (secondary N) is 2. The Kier molecular flexibility index (Phi) is 5.79. The lowest BCUT2D eigenvalue weighted by Crippen LogP contribution is -2.46. The minimum atomic E-state index is -0.707. The highest BCUT2D eigenvalue weighted by Gasteiger charge is 2.19. The van der Waals surface area contributed by atoms with Crippen molar-refractivity contribution < 1.29 is 19.1 Å². The Labute approximate surface area is 167 Å². The second kappa shape index (κ2) is 8.28. The highest BCUT2D eigenvalue weighted by atomic mass is 16.4. The Hall–Kier alpha value is -3.45. The van der Waals surface area contributed by atoms with Crippen molar-refractivity contribution in [1.82, 2.24) is 5.32 Å². The third-order valence-electron chi connectivity index (χ3n) is 4.34. The summed E-state index contributed by atoms with van der Waals surface area (Å²) in [5, 5.41) is 15.3. The number of carbonyl (C=O) groups excluding carboxylic acids is 2. The second-order valence-electron chi connectivity index (χ2n) is 7.40. The van der Waals surface area contributed by atoms with E-state index in [1.807, 2.05) is 0 Å². The van der Waals surface area contributed by atoms with Gasteiger partial charge in [-0.05, 0) is 43.7 Å². The Balaban J connectivity index is 1.68. The van der Waals surface area contributed by atoms with Crippen molar-refractivity contribution in [2.75, 3.05) is 11.9 Å². The molecule has 7 nitrogen and oxygen atoms in total. The van der Waals surface area contributed by atoms with Crippen LogP contribution in [0.4, 0.5) is 5.69 Å². The van der Waals surface area contributed by atoms with Gasteiger partial charge >= 0.3 is 5.63 Å². The molecule has 0 saturated heterocycles. The maximum atomic E-state index is 12.5. The molecule has 1 aromatic heterocycles. The topological polar surface area (TPSA) is 109 Å². The van der Waals surface area contributed by atoms with Crippen LogP contribution in [0.1, 0.15) is 29.8 Å². The van der Waals surface area contributed by atoms with Crippen LogP contribution in [0.3, 0.4) is 0 Å². The van der Waals surface area contributed by atoms with E-state index < -0.39 is 17.1 Å². The number of amides is 2. The first-order valence-electron chi connectivity index (χ1n) is 9.12. The van der Waals surface area contributed by atoms with E-state index in [4.69, 9.17) is 4.42 Å². The fourth-order valence-corrected chi connectivity index (χ4v) is 2.77. The van der Waals surface area contributed by atoms with E-state index in [0.29, 0.717) is 16.7 Å². The quantitative estimate of drug-likeness (QED) is 0.557. The van der Waals surface area contributed by atoms with Crippen molar-refractivity contribution in [3.63, 3.8) is 0 Å². The van der Waals surface area contributed by atoms with E-state index >= 15 is 0 Å². The third kappa shape index (κ3) is 5.08. The van der Waals surface area contributed by atoms with E-state index in [1.165, 1.54) is 6.07 Å². The van der Waals surface area contributed by atoms with E-state index in [9.17, 15) is 19.5 Å². The molecule has 0 atom stereocenters. The Morgan fingerprint density at radius 1 is 1.07 bits per heavy atom. The van der Waals surface area contributed by atoms with Gasteiger partial charge in [0.05, 0.1) is 18.6 Å². The third-order valence-corrected chi connectivity index (χ3v) is 4.34. The molecule has 0 aliphatic carbocycles. The van der Waals surface area contributed by atoms with Crippen LogP contribution in [0.15, 0.2) is 63.8 Å². The van der Waals surface area contributed by atoms with Gasteiger partial charge in [0.1, 0.15) is 11.1 Å². The number of aliphatic hydroxyl groups excluding tert-OH is 1. The van der Waals surface area contributed by atoms with E-state index in [-0.39, 0.29) is 24.5 Å². The predicted molar refractivity (Wildman–Crippen MR) is 110 cm³/mol. The maximum Gasteiger partial charge on any atom is 0.349 e. The average molecular weight is 394 g/mol. The maximum absolute atomic E-state index is 12.5. The van der Waals surface area contributed by atoms with Crippen molar-refractivity contribution in [1.29, 1.82) is 0 Å². The van der Waals surface area contributed by atoms with Crippen LogP contribution >= 0.6 is 0 Å². The monoisotopic (exact) mass is 394 g/mol. The molecule has 0 bridgehead atoms. The van der Waals surface area contributed by atoms with E-state index in [1.54, 1.807) is 62.4 Å². The molecule has 0 spiro atoms. The summed E-state index contributed by atoms with van der Waals surface area (Å²) >= 11 is 0. The largest absolute Gasteiger partial charge is 0.422 e. The summed E-state index contributed by atoms with van der Waals surface area (Å²) in [5.74, 6) is -0.783. The summed E-state index contributed by atoms with van der Waals surface area (Å²) < 4.78 is 5.18. The molecule has 29 heavy (non-hydrogen) atoms. The van der Waals surface area contributed by atoms with Gasteiger partial charge in [-0.25, -0.2) is 4.79 Å². The number of rotatable bonds is 6. The van der Waals surface area contributed by atoms with Gasteiger partial charge in [-0.15, -0.1) is 0 Å². The lowest BCUT2D eigenvalue weighted by molar-refractivity contribution is -0.122. The predicted octanol–water partition coefficient (Wildman–Crippen LogP) is 2.47. The van der Waals surface area contributed by atoms with E-state index in [2.05, 4.69) is 10.6 Å². The number of anilines is 1. The summed E-state index contributed by atoms with van der Waals surface area (Å²) in [6, 6.07) is 15.2. The zero-order valence-electron chi connectivity index (χ0n) is 16.2. The minimum Gasteiger partial charge on any atom is -0.422 e. The molecule has 3 aromatic rings. The van der Waals surface area contributed by atoms with Crippen LogP contribution in [0, 0.1) is 0 Å². The van der Waals surface area contributed by atoms with E-state index in [0.717, 1.165) is 5.56 Å². The van der Waals surface area contributed by atoms with Crippen molar-refractivity contribution in [2.24, 2.45) is 0 Å². The highest BCUT2D eigenvalue weighted by molar-refractivity contribution is 6.05. The molecule has 150 valence electrons. The molecule has 2 aromatic carbocycles. The van der Waals surface area contributed by atoms with Gasteiger partial charge in [0.25, 0.3) is 5.91 Å². The van der Waals surface area contributed by atoms with Crippen LogP contribution < -0.4 is 16.3 Å². The average Bonchev–Trinajstić information content (AvgIpc) is 2.68. The molecule has 0 unspecified atom stereocenters. The molecule has 0 radical (unpaired) electrons. The smallest absolute Gasteiger partial charge is 0.349 e. The normalized spacial score (nSPS) is 11.3. The fraction of sp³-hybridized carbons (Fsp3) is 0.227. The number of para-hydroxylation sites is 1. The van der Waals surface area contributed by atoms with Crippen molar-refractivity contribution in [3.05, 3.63) is 76.1 Å². The molecular weight excluding hydrogens is 372 g/mol. The number of fused-ring (bicyclic) bond motifs is 1. The summed E-state index contributed by atoms with van der Waals surface area (Å²) in [6.07, 6.45) is 0.145. The number of benzene rings is 2. The molecule has 0 aliphatic rings. The zero-order chi connectivity index (χ0) is 21.0. The molecule has 7 heteroatoms. The molecule has 1 heterocycles. The number of aliphatic hydroxyl groups is 1. The van der Waals surface area contributed by atoms with Crippen molar-refractivity contribution in [2.45, 2.75) is 25.8 Å². The second-order valence-corrected chi connectivity index (χ2v) is 7.40. The van der Waals surface area contributed by atoms with Gasteiger partial charge in [0.2, 0.25) is 5.91 Å². The Morgan fingerprint density at radius 3 is 2.45 bits per heavy atom. The molecule has 3 rings (SSSR count). The zero-order valence-corrected chi connectivity index (χ0v) is 16.2. The van der Waals surface area contributed by atoms with Crippen LogP contribution in [0.25, 0.3) is 11.0 Å². The molecule has 0 fully saturated rings. The lowest BCUT2D eigenvalue weighted by Gasteiger charge is -2.23. The number of hydrogen-bond donors (Lipinski definition) is 3. The van der Waals surface area contributed by atoms with Gasteiger partial charge in [-0.3, -0.25) is 9.59 Å². The SMILES string of the molecule is CC(C)(CO)NC(=O)Cc1ccc(NC(=O)c2cc3ccccc3oc2=O)cc1. The van der Waals surface area contributed by atoms with Crippen LogP contribution in [0.2, 0.25) is 0 Å². The minimum absolute atomic E-state index is 0.0848. The summed E-state index contributed by atoms with van der Waals surface area (Å²) in [4.78, 5) is 36.6. The molecule has 0 aliphatic heterocycles. The first-order chi connectivity index (χ1) is 13.8. The summed E-state index contributed by atoms with van der Waals surface area (Å²) in [7, 11) is 0. The molecule has 0 saturated carbocycles. The highest BCUT2D eigenvalue weighted by Crippen LogP contribution is 2.15. The van der Waals surface area contributed by atoms with Crippen molar-refractivity contribution >= 4 is 28.5 Å². The van der Waals surface area contributed by atoms with Gasteiger partial charge < -0.3 is 20.2 Å². The Bertz CT molecular complexity index is 1100. The van der Waals surface area contributed by atoms with Crippen LogP contribution in [0.5, 0.6) is 0 Å². The van der Waals surface area contributed by atoms with Crippen LogP contribution in [-0.4, -0.2) is 29.1 Å². The first kappa shape index (κ1) is 20.3. The molecular formula is C22H22N2O5. The van der Waals surface area contributed by atoms with Crippen molar-refractivity contribution in [3.8, 4) is 0 Å². The summed E-state index contributed by atoms with van der Waals surface area (Å²) in [5.41, 5.74) is 0.175. The van der Waals surface area contributed by atoms with Crippen LogP contribution in [-0.2, 0) is 11.2 Å². The van der Waals surface area contributed by atoms with Gasteiger partial charge in [-0.2, -0.15) is 0 Å². The van der Waals surface area contributed by atoms with Gasteiger partial charge in [-0.1, -0.05) is 30.3 Å². The van der Waals surface area contributed by atoms with Gasteiger partial charge in [0, 0.05) is 11.1 Å². The number of hydrogen-bond acceptors (Lipinski definition) is 5.